The molecule has 0 aliphatic heterocycles. The van der Waals surface area contributed by atoms with Gasteiger partial charge in [-0.05, 0) is 42.9 Å². The van der Waals surface area contributed by atoms with Crippen molar-refractivity contribution in [2.75, 3.05) is 0 Å². The van der Waals surface area contributed by atoms with Crippen molar-refractivity contribution in [1.82, 2.24) is 19.9 Å². The molecule has 0 saturated heterocycles. The van der Waals surface area contributed by atoms with Crippen LogP contribution in [0, 0.1) is 0 Å². The van der Waals surface area contributed by atoms with Crippen LogP contribution in [-0.4, -0.2) is 20.4 Å². The highest BCUT2D eigenvalue weighted by Crippen LogP contribution is 2.34. The van der Waals surface area contributed by atoms with Gasteiger partial charge in [0.15, 0.2) is 0 Å². The number of rotatable bonds is 5. The van der Waals surface area contributed by atoms with Gasteiger partial charge in [-0.15, -0.1) is 0 Å². The fourth-order valence-electron chi connectivity index (χ4n) is 3.47. The van der Waals surface area contributed by atoms with E-state index < -0.39 is 11.2 Å². The van der Waals surface area contributed by atoms with Crippen LogP contribution in [0.4, 0.5) is 0 Å². The number of benzene rings is 1. The van der Waals surface area contributed by atoms with Crippen molar-refractivity contribution in [2.45, 2.75) is 51.6 Å². The third kappa shape index (κ3) is 3.72. The molecule has 1 fully saturated rings. The first-order chi connectivity index (χ1) is 13.8. The molecule has 7 heteroatoms. The summed E-state index contributed by atoms with van der Waals surface area (Å²) >= 11 is 0. The first-order valence-electron chi connectivity index (χ1n) is 9.90. The fourth-order valence-corrected chi connectivity index (χ4v) is 3.47. The second-order valence-electron chi connectivity index (χ2n) is 7.97. The lowest BCUT2D eigenvalue weighted by Gasteiger charge is -2.16. The summed E-state index contributed by atoms with van der Waals surface area (Å²) in [5.41, 5.74) is 1.88. The lowest BCUT2D eigenvalue weighted by atomic mass is 9.99. The van der Waals surface area contributed by atoms with Crippen LogP contribution in [0.5, 0.6) is 0 Å². The predicted octanol–water partition coefficient (Wildman–Crippen LogP) is 3.03. The predicted molar refractivity (Wildman–Crippen MR) is 111 cm³/mol. The molecule has 4 rings (SSSR count). The number of nitrogens with one attached hydrogen (secondary N) is 2. The number of carbonyl (C=O) groups is 1. The van der Waals surface area contributed by atoms with E-state index in [1.54, 1.807) is 0 Å². The van der Waals surface area contributed by atoms with Crippen molar-refractivity contribution in [1.29, 1.82) is 0 Å². The van der Waals surface area contributed by atoms with Crippen LogP contribution >= 0.6 is 0 Å². The van der Waals surface area contributed by atoms with E-state index in [1.807, 2.05) is 19.1 Å². The summed E-state index contributed by atoms with van der Waals surface area (Å²) in [6, 6.07) is 9.54. The summed E-state index contributed by atoms with van der Waals surface area (Å²) in [6.07, 6.45) is 3.19. The van der Waals surface area contributed by atoms with Gasteiger partial charge in [-0.1, -0.05) is 38.1 Å². The molecule has 1 aromatic carbocycles. The van der Waals surface area contributed by atoms with E-state index in [4.69, 9.17) is 0 Å². The van der Waals surface area contributed by atoms with Crippen LogP contribution in [0.3, 0.4) is 0 Å². The van der Waals surface area contributed by atoms with E-state index in [-0.39, 0.29) is 28.9 Å². The van der Waals surface area contributed by atoms with Gasteiger partial charge in [0.25, 0.3) is 11.5 Å². The zero-order valence-corrected chi connectivity index (χ0v) is 16.7. The van der Waals surface area contributed by atoms with Gasteiger partial charge in [0.05, 0.1) is 17.0 Å². The molecule has 2 heterocycles. The molecular weight excluding hydrogens is 368 g/mol. The van der Waals surface area contributed by atoms with Crippen molar-refractivity contribution >= 4 is 16.9 Å². The number of pyridine rings is 1. The Morgan fingerprint density at radius 2 is 1.79 bits per heavy atom. The molecule has 1 aliphatic carbocycles. The smallest absolute Gasteiger partial charge is 0.330 e. The molecule has 1 saturated carbocycles. The Bertz CT molecular complexity index is 1190. The molecule has 150 valence electrons. The molecular formula is C22H24N4O3. The number of carbonyl (C=O) groups excluding carboxylic acids is 1. The maximum absolute atomic E-state index is 12.7. The van der Waals surface area contributed by atoms with E-state index in [1.165, 1.54) is 22.4 Å². The zero-order valence-electron chi connectivity index (χ0n) is 16.7. The molecule has 29 heavy (non-hydrogen) atoms. The second kappa shape index (κ2) is 7.31. The molecule has 1 atom stereocenters. The van der Waals surface area contributed by atoms with Gasteiger partial charge in [-0.25, -0.2) is 9.78 Å². The normalized spacial score (nSPS) is 14.9. The summed E-state index contributed by atoms with van der Waals surface area (Å²) < 4.78 is 1.51. The third-order valence-electron chi connectivity index (χ3n) is 5.40. The van der Waals surface area contributed by atoms with E-state index in [2.05, 4.69) is 41.3 Å². The van der Waals surface area contributed by atoms with Crippen LogP contribution in [-0.2, 0) is 0 Å². The van der Waals surface area contributed by atoms with Gasteiger partial charge in [-0.2, -0.15) is 0 Å². The van der Waals surface area contributed by atoms with Crippen LogP contribution < -0.4 is 16.6 Å². The Labute approximate surface area is 167 Å². The molecule has 2 aromatic heterocycles. The number of H-pyrrole nitrogens is 1. The van der Waals surface area contributed by atoms with Crippen molar-refractivity contribution < 1.29 is 4.79 Å². The minimum atomic E-state index is -0.527. The zero-order chi connectivity index (χ0) is 20.7. The Morgan fingerprint density at radius 3 is 2.41 bits per heavy atom. The number of nitrogens with zero attached hydrogens (tertiary/aromatic N) is 2. The molecule has 1 aliphatic rings. The van der Waals surface area contributed by atoms with Crippen LogP contribution in [0.15, 0.2) is 46.1 Å². The van der Waals surface area contributed by atoms with Crippen molar-refractivity contribution in [2.24, 2.45) is 0 Å². The topological polar surface area (TPSA) is 96.8 Å². The lowest BCUT2D eigenvalue weighted by molar-refractivity contribution is 0.0939. The number of amides is 1. The molecule has 0 radical (unpaired) electrons. The molecule has 0 bridgehead atoms. The van der Waals surface area contributed by atoms with Crippen molar-refractivity contribution in [3.63, 3.8) is 0 Å². The molecule has 0 spiro atoms. The Kier molecular flexibility index (Phi) is 4.82. The molecule has 7 nitrogen and oxygen atoms in total. The summed E-state index contributed by atoms with van der Waals surface area (Å²) in [7, 11) is 0. The lowest BCUT2D eigenvalue weighted by Crippen LogP contribution is -2.31. The maximum atomic E-state index is 12.7. The highest BCUT2D eigenvalue weighted by atomic mass is 16.2. The average Bonchev–Trinajstić information content (AvgIpc) is 3.52. The van der Waals surface area contributed by atoms with Gasteiger partial charge in [0, 0.05) is 12.2 Å². The number of fused-ring (bicyclic) bond motifs is 1. The van der Waals surface area contributed by atoms with E-state index in [0.29, 0.717) is 11.6 Å². The Hall–Kier alpha value is -3.22. The van der Waals surface area contributed by atoms with Gasteiger partial charge < -0.3 is 5.32 Å². The van der Waals surface area contributed by atoms with E-state index in [9.17, 15) is 14.4 Å². The summed E-state index contributed by atoms with van der Waals surface area (Å²) in [5.74, 6) is 0.132. The van der Waals surface area contributed by atoms with Gasteiger partial charge >= 0.3 is 5.69 Å². The van der Waals surface area contributed by atoms with Crippen molar-refractivity contribution in [3.8, 4) is 0 Å². The summed E-state index contributed by atoms with van der Waals surface area (Å²) in [5, 5.41) is 3.19. The standard InChI is InChI=1S/C22H24N4O3/c1-12(2)14-4-6-15(7-5-14)13(3)24-20(27)16-10-18-19(23-11-16)26(17-8-9-17)22(29)25-21(18)28/h4-7,10-13,17H,8-9H2,1-3H3,(H,24,27)(H,25,28,29). The van der Waals surface area contributed by atoms with Crippen LogP contribution in [0.25, 0.3) is 11.0 Å². The largest absolute Gasteiger partial charge is 0.345 e. The Balaban J connectivity index is 1.60. The number of aromatic nitrogens is 3. The first-order valence-corrected chi connectivity index (χ1v) is 9.90. The molecule has 1 unspecified atom stereocenters. The van der Waals surface area contributed by atoms with E-state index in [0.717, 1.165) is 18.4 Å². The van der Waals surface area contributed by atoms with Gasteiger partial charge in [0.1, 0.15) is 5.65 Å². The number of hydrogen-bond acceptors (Lipinski definition) is 4. The number of aromatic amines is 1. The fraction of sp³-hybridized carbons (Fsp3) is 0.364. The highest BCUT2D eigenvalue weighted by Gasteiger charge is 2.28. The maximum Gasteiger partial charge on any atom is 0.330 e. The third-order valence-corrected chi connectivity index (χ3v) is 5.40. The molecule has 1 amide bonds. The quantitative estimate of drug-likeness (QED) is 0.697. The van der Waals surface area contributed by atoms with Crippen LogP contribution in [0.2, 0.25) is 0 Å². The second-order valence-corrected chi connectivity index (χ2v) is 7.97. The minimum absolute atomic E-state index is 0.0721. The van der Waals surface area contributed by atoms with Gasteiger partial charge in [0.2, 0.25) is 0 Å². The summed E-state index contributed by atoms with van der Waals surface area (Å²) in [6.45, 7) is 6.18. The molecule has 2 N–H and O–H groups in total. The van der Waals surface area contributed by atoms with Crippen LogP contribution in [0.1, 0.15) is 73.1 Å². The molecule has 3 aromatic rings. The Morgan fingerprint density at radius 1 is 1.14 bits per heavy atom. The monoisotopic (exact) mass is 392 g/mol. The van der Waals surface area contributed by atoms with Gasteiger partial charge in [-0.3, -0.25) is 19.1 Å². The highest BCUT2D eigenvalue weighted by molar-refractivity contribution is 5.96. The minimum Gasteiger partial charge on any atom is -0.345 e. The SMILES string of the molecule is CC(C)c1ccc(C(C)NC(=O)c2cnc3c(c2)c(=O)[nH]c(=O)n3C2CC2)cc1. The number of hydrogen-bond donors (Lipinski definition) is 2. The van der Waals surface area contributed by atoms with E-state index >= 15 is 0 Å². The van der Waals surface area contributed by atoms with Crippen molar-refractivity contribution in [3.05, 3.63) is 74.1 Å². The average molecular weight is 392 g/mol. The summed E-state index contributed by atoms with van der Waals surface area (Å²) in [4.78, 5) is 43.7. The first kappa shape index (κ1) is 19.1.